The molecule has 0 bridgehead atoms. The fourth-order valence-corrected chi connectivity index (χ4v) is 5.46. The first kappa shape index (κ1) is 26.2. The zero-order valence-electron chi connectivity index (χ0n) is 20.0. The molecule has 2 N–H and O–H groups in total. The van der Waals surface area contributed by atoms with E-state index in [1.165, 1.54) is 43.2 Å². The molecular formula is C25H40IN5O2. The Hall–Kier alpha value is -1.39. The van der Waals surface area contributed by atoms with Crippen LogP contribution < -0.4 is 10.6 Å². The molecular weight excluding hydrogens is 529 g/mol. The van der Waals surface area contributed by atoms with Crippen LogP contribution in [0.2, 0.25) is 0 Å². The highest BCUT2D eigenvalue weighted by Gasteiger charge is 2.38. The summed E-state index contributed by atoms with van der Waals surface area (Å²) in [5, 5.41) is 7.15. The minimum Gasteiger partial charge on any atom is -0.379 e. The molecule has 3 fully saturated rings. The Morgan fingerprint density at radius 1 is 1.03 bits per heavy atom. The molecule has 0 unspecified atom stereocenters. The number of hydrogen-bond acceptors (Lipinski definition) is 4. The second-order valence-electron chi connectivity index (χ2n) is 9.35. The topological polar surface area (TPSA) is 69.2 Å². The van der Waals surface area contributed by atoms with Crippen molar-refractivity contribution in [2.75, 3.05) is 46.4 Å². The van der Waals surface area contributed by atoms with Gasteiger partial charge in [0.25, 0.3) is 0 Å². The highest BCUT2D eigenvalue weighted by molar-refractivity contribution is 14.0. The van der Waals surface area contributed by atoms with Crippen LogP contribution >= 0.6 is 24.0 Å². The summed E-state index contributed by atoms with van der Waals surface area (Å²) in [4.78, 5) is 21.2. The minimum atomic E-state index is 0. The molecule has 7 nitrogen and oxygen atoms in total. The van der Waals surface area contributed by atoms with Crippen molar-refractivity contribution in [1.29, 1.82) is 0 Å². The molecule has 8 heteroatoms. The number of nitrogens with zero attached hydrogens (tertiary/aromatic N) is 3. The van der Waals surface area contributed by atoms with Gasteiger partial charge in [0.15, 0.2) is 5.96 Å². The zero-order valence-corrected chi connectivity index (χ0v) is 22.3. The Bertz CT molecular complexity index is 791. The van der Waals surface area contributed by atoms with Crippen LogP contribution in [0.25, 0.3) is 0 Å². The average molecular weight is 570 g/mol. The number of halogens is 1. The van der Waals surface area contributed by atoms with E-state index >= 15 is 0 Å². The van der Waals surface area contributed by atoms with Gasteiger partial charge in [-0.3, -0.25) is 14.7 Å². The van der Waals surface area contributed by atoms with Crippen LogP contribution in [0.5, 0.6) is 0 Å². The standard InChI is InChI=1S/C25H39N5O2.HI/c1-26-24(28-20-25(11-5-2-6-12-25)30-14-16-32-17-15-30)27-18-21-8-3-4-9-22(21)19-29-13-7-10-23(29)31;/h3-4,8-9H,2,5-7,10-20H2,1H3,(H2,26,27,28);1H. The van der Waals surface area contributed by atoms with Crippen molar-refractivity contribution >= 4 is 35.8 Å². The van der Waals surface area contributed by atoms with Crippen LogP contribution in [-0.4, -0.2) is 73.6 Å². The maximum atomic E-state index is 12.1. The largest absolute Gasteiger partial charge is 0.379 e. The van der Waals surface area contributed by atoms with Crippen molar-refractivity contribution < 1.29 is 9.53 Å². The number of carbonyl (C=O) groups is 1. The fourth-order valence-electron chi connectivity index (χ4n) is 5.46. The molecule has 33 heavy (non-hydrogen) atoms. The maximum Gasteiger partial charge on any atom is 0.222 e. The van der Waals surface area contributed by atoms with Crippen molar-refractivity contribution in [3.8, 4) is 0 Å². The molecule has 2 saturated heterocycles. The maximum absolute atomic E-state index is 12.1. The number of rotatable bonds is 7. The minimum absolute atomic E-state index is 0. The van der Waals surface area contributed by atoms with Gasteiger partial charge < -0.3 is 20.3 Å². The van der Waals surface area contributed by atoms with E-state index in [1.807, 2.05) is 11.9 Å². The summed E-state index contributed by atoms with van der Waals surface area (Å²) < 4.78 is 5.61. The summed E-state index contributed by atoms with van der Waals surface area (Å²) >= 11 is 0. The Kier molecular flexibility index (Phi) is 10.2. The Labute approximate surface area is 215 Å². The van der Waals surface area contributed by atoms with Crippen LogP contribution in [0.1, 0.15) is 56.1 Å². The summed E-state index contributed by atoms with van der Waals surface area (Å²) in [6.45, 7) is 6.90. The van der Waals surface area contributed by atoms with E-state index in [-0.39, 0.29) is 35.4 Å². The molecule has 0 radical (unpaired) electrons. The third-order valence-corrected chi connectivity index (χ3v) is 7.37. The summed E-state index contributed by atoms with van der Waals surface area (Å²) in [7, 11) is 1.84. The summed E-state index contributed by atoms with van der Waals surface area (Å²) in [6, 6.07) is 8.40. The lowest BCUT2D eigenvalue weighted by molar-refractivity contribution is -0.128. The first-order valence-corrected chi connectivity index (χ1v) is 12.3. The Morgan fingerprint density at radius 2 is 1.76 bits per heavy atom. The highest BCUT2D eigenvalue weighted by Crippen LogP contribution is 2.33. The number of benzene rings is 1. The smallest absolute Gasteiger partial charge is 0.222 e. The van der Waals surface area contributed by atoms with E-state index in [4.69, 9.17) is 4.74 Å². The number of nitrogens with one attached hydrogen (secondary N) is 2. The van der Waals surface area contributed by atoms with Crippen molar-refractivity contribution in [3.63, 3.8) is 0 Å². The van der Waals surface area contributed by atoms with E-state index in [2.05, 4.69) is 44.8 Å². The Morgan fingerprint density at radius 3 is 2.42 bits per heavy atom. The molecule has 1 aromatic carbocycles. The van der Waals surface area contributed by atoms with E-state index in [9.17, 15) is 4.79 Å². The van der Waals surface area contributed by atoms with Crippen LogP contribution in [0, 0.1) is 0 Å². The van der Waals surface area contributed by atoms with E-state index in [0.29, 0.717) is 19.5 Å². The van der Waals surface area contributed by atoms with Crippen molar-refractivity contribution in [3.05, 3.63) is 35.4 Å². The molecule has 1 amide bonds. The third kappa shape index (κ3) is 6.82. The van der Waals surface area contributed by atoms with Crippen molar-refractivity contribution in [1.82, 2.24) is 20.4 Å². The van der Waals surface area contributed by atoms with Gasteiger partial charge in [-0.2, -0.15) is 0 Å². The second-order valence-corrected chi connectivity index (χ2v) is 9.35. The normalized spacial score (nSPS) is 21.5. The molecule has 0 atom stereocenters. The van der Waals surface area contributed by atoms with Gasteiger partial charge in [0.05, 0.1) is 13.2 Å². The fraction of sp³-hybridized carbons (Fsp3) is 0.680. The highest BCUT2D eigenvalue weighted by atomic mass is 127. The first-order chi connectivity index (χ1) is 15.7. The van der Waals surface area contributed by atoms with E-state index < -0.39 is 0 Å². The number of guanidine groups is 1. The van der Waals surface area contributed by atoms with E-state index in [1.54, 1.807) is 0 Å². The first-order valence-electron chi connectivity index (χ1n) is 12.3. The van der Waals surface area contributed by atoms with E-state index in [0.717, 1.165) is 51.8 Å². The van der Waals surface area contributed by atoms with Crippen LogP contribution in [0.3, 0.4) is 0 Å². The number of hydrogen-bond donors (Lipinski definition) is 2. The van der Waals surface area contributed by atoms with Crippen molar-refractivity contribution in [2.24, 2.45) is 4.99 Å². The van der Waals surface area contributed by atoms with Gasteiger partial charge in [0, 0.05) is 58.3 Å². The molecule has 2 aliphatic heterocycles. The molecule has 3 aliphatic rings. The number of amides is 1. The van der Waals surface area contributed by atoms with Gasteiger partial charge >= 0.3 is 0 Å². The third-order valence-electron chi connectivity index (χ3n) is 7.37. The predicted molar refractivity (Wildman–Crippen MR) is 143 cm³/mol. The lowest BCUT2D eigenvalue weighted by atomic mass is 9.80. The monoisotopic (exact) mass is 569 g/mol. The number of likely N-dealkylation sites (tertiary alicyclic amines) is 1. The molecule has 1 aromatic rings. The molecule has 2 heterocycles. The zero-order chi connectivity index (χ0) is 22.2. The van der Waals surface area contributed by atoms with Gasteiger partial charge in [-0.05, 0) is 30.4 Å². The van der Waals surface area contributed by atoms with Crippen LogP contribution in [-0.2, 0) is 22.6 Å². The molecule has 4 rings (SSSR count). The van der Waals surface area contributed by atoms with Gasteiger partial charge in [0.1, 0.15) is 0 Å². The molecule has 0 aromatic heterocycles. The van der Waals surface area contributed by atoms with Gasteiger partial charge in [-0.15, -0.1) is 24.0 Å². The molecule has 0 spiro atoms. The van der Waals surface area contributed by atoms with Gasteiger partial charge in [0.2, 0.25) is 5.91 Å². The number of ether oxygens (including phenoxy) is 1. The number of aliphatic imine (C=N–C) groups is 1. The van der Waals surface area contributed by atoms with Crippen LogP contribution in [0.15, 0.2) is 29.3 Å². The summed E-state index contributed by atoms with van der Waals surface area (Å²) in [6.07, 6.45) is 8.08. The summed E-state index contributed by atoms with van der Waals surface area (Å²) in [5.41, 5.74) is 2.63. The number of morpholine rings is 1. The van der Waals surface area contributed by atoms with Crippen LogP contribution in [0.4, 0.5) is 0 Å². The van der Waals surface area contributed by atoms with Crippen molar-refractivity contribution in [2.45, 2.75) is 63.6 Å². The molecule has 1 aliphatic carbocycles. The molecule has 1 saturated carbocycles. The quantitative estimate of drug-likeness (QED) is 0.300. The van der Waals surface area contributed by atoms with Gasteiger partial charge in [-0.25, -0.2) is 0 Å². The lowest BCUT2D eigenvalue weighted by Gasteiger charge is -2.48. The summed E-state index contributed by atoms with van der Waals surface area (Å²) in [5.74, 6) is 1.11. The number of carbonyl (C=O) groups excluding carboxylic acids is 1. The Balaban J connectivity index is 0.00000306. The second kappa shape index (κ2) is 12.9. The SMILES string of the molecule is CN=C(NCc1ccccc1CN1CCCC1=O)NCC1(N2CCOCC2)CCCCC1.I. The van der Waals surface area contributed by atoms with Gasteiger partial charge in [-0.1, -0.05) is 43.5 Å². The molecule has 184 valence electrons. The lowest BCUT2D eigenvalue weighted by Crippen LogP contribution is -2.60. The predicted octanol–water partition coefficient (Wildman–Crippen LogP) is 3.13. The average Bonchev–Trinajstić information content (AvgIpc) is 3.25.